The Labute approximate surface area is 113 Å². The first-order valence-corrected chi connectivity index (χ1v) is 6.28. The average Bonchev–Trinajstić information content (AvgIpc) is 2.70. The van der Waals surface area contributed by atoms with Crippen LogP contribution < -0.4 is 5.73 Å². The number of thiophene rings is 1. The Kier molecular flexibility index (Phi) is 5.05. The molecule has 80 valence electrons. The van der Waals surface area contributed by atoms with Crippen molar-refractivity contribution in [1.82, 2.24) is 0 Å². The Balaban J connectivity index is 0.00000112. The van der Waals surface area contributed by atoms with Crippen LogP contribution in [-0.4, -0.2) is 0 Å². The van der Waals surface area contributed by atoms with Gasteiger partial charge in [0.05, 0.1) is 6.04 Å². The summed E-state index contributed by atoms with van der Waals surface area (Å²) in [6.07, 6.45) is 0. The van der Waals surface area contributed by atoms with Crippen molar-refractivity contribution in [3.8, 4) is 0 Å². The van der Waals surface area contributed by atoms with Gasteiger partial charge >= 0.3 is 0 Å². The van der Waals surface area contributed by atoms with E-state index in [9.17, 15) is 0 Å². The van der Waals surface area contributed by atoms with Crippen LogP contribution in [0.2, 0.25) is 0 Å². The lowest BCUT2D eigenvalue weighted by Crippen LogP contribution is -2.11. The van der Waals surface area contributed by atoms with Gasteiger partial charge in [-0.3, -0.25) is 0 Å². The van der Waals surface area contributed by atoms with Crippen molar-refractivity contribution in [2.75, 3.05) is 0 Å². The van der Waals surface area contributed by atoms with Gasteiger partial charge in [-0.25, -0.2) is 0 Å². The molecular weight excluding hydrogens is 341 g/mol. The van der Waals surface area contributed by atoms with Gasteiger partial charge in [0.1, 0.15) is 0 Å². The standard InChI is InChI=1S/C11H10INS.ClH/c12-9-5-2-1-4-8(9)11(13)10-6-3-7-14-10;/h1-7,11H,13H2;1H/t11-;/m0./s1. The van der Waals surface area contributed by atoms with Crippen LogP contribution in [0.25, 0.3) is 0 Å². The lowest BCUT2D eigenvalue weighted by Gasteiger charge is -2.11. The lowest BCUT2D eigenvalue weighted by molar-refractivity contribution is 0.887. The topological polar surface area (TPSA) is 26.0 Å². The zero-order valence-corrected chi connectivity index (χ0v) is 11.7. The minimum atomic E-state index is 0. The summed E-state index contributed by atoms with van der Waals surface area (Å²) in [6.45, 7) is 0. The Morgan fingerprint density at radius 3 is 2.47 bits per heavy atom. The van der Waals surface area contributed by atoms with Crippen LogP contribution in [0.5, 0.6) is 0 Å². The highest BCUT2D eigenvalue weighted by atomic mass is 127. The molecule has 15 heavy (non-hydrogen) atoms. The number of rotatable bonds is 2. The van der Waals surface area contributed by atoms with E-state index in [1.807, 2.05) is 18.2 Å². The maximum atomic E-state index is 6.17. The first-order valence-electron chi connectivity index (χ1n) is 4.32. The molecule has 2 N–H and O–H groups in total. The molecule has 0 amide bonds. The fourth-order valence-corrected chi connectivity index (χ4v) is 2.82. The molecule has 4 heteroatoms. The zero-order chi connectivity index (χ0) is 9.97. The molecule has 1 nitrogen and oxygen atoms in total. The number of halogens is 2. The molecule has 0 saturated heterocycles. The second kappa shape index (κ2) is 5.84. The van der Waals surface area contributed by atoms with Gasteiger partial charge in [-0.05, 0) is 45.7 Å². The van der Waals surface area contributed by atoms with Crippen molar-refractivity contribution in [3.05, 3.63) is 55.8 Å². The molecule has 1 heterocycles. The van der Waals surface area contributed by atoms with Gasteiger partial charge in [0, 0.05) is 8.45 Å². The Morgan fingerprint density at radius 2 is 1.87 bits per heavy atom. The van der Waals surface area contributed by atoms with Gasteiger partial charge in [-0.2, -0.15) is 0 Å². The molecule has 2 rings (SSSR count). The molecule has 0 fully saturated rings. The van der Waals surface area contributed by atoms with Crippen LogP contribution in [0, 0.1) is 3.57 Å². The highest BCUT2D eigenvalue weighted by molar-refractivity contribution is 14.1. The van der Waals surface area contributed by atoms with Crippen LogP contribution in [0.3, 0.4) is 0 Å². The number of nitrogens with two attached hydrogens (primary N) is 1. The maximum absolute atomic E-state index is 6.17. The van der Waals surface area contributed by atoms with Gasteiger partial charge in [-0.15, -0.1) is 23.7 Å². The quantitative estimate of drug-likeness (QED) is 0.818. The second-order valence-corrected chi connectivity index (χ2v) is 5.16. The van der Waals surface area contributed by atoms with Crippen LogP contribution in [0.1, 0.15) is 16.5 Å². The van der Waals surface area contributed by atoms with Gasteiger partial charge in [0.25, 0.3) is 0 Å². The molecular formula is C11H11ClINS. The van der Waals surface area contributed by atoms with E-state index in [0.717, 1.165) is 0 Å². The highest BCUT2D eigenvalue weighted by Crippen LogP contribution is 2.26. The summed E-state index contributed by atoms with van der Waals surface area (Å²) in [6, 6.07) is 12.4. The van der Waals surface area contributed by atoms with Gasteiger partial charge in [0.2, 0.25) is 0 Å². The highest BCUT2D eigenvalue weighted by Gasteiger charge is 2.11. The molecule has 0 radical (unpaired) electrons. The van der Waals surface area contributed by atoms with Crippen molar-refractivity contribution in [3.63, 3.8) is 0 Å². The third-order valence-corrected chi connectivity index (χ3v) is 4.03. The largest absolute Gasteiger partial charge is 0.320 e. The van der Waals surface area contributed by atoms with Crippen LogP contribution in [0.4, 0.5) is 0 Å². The zero-order valence-electron chi connectivity index (χ0n) is 7.89. The maximum Gasteiger partial charge on any atom is 0.0656 e. The predicted octanol–water partition coefficient (Wildman–Crippen LogP) is 3.82. The molecule has 0 saturated carbocycles. The third kappa shape index (κ3) is 2.93. The van der Waals surface area contributed by atoms with E-state index in [1.54, 1.807) is 11.3 Å². The molecule has 1 aromatic carbocycles. The van der Waals surface area contributed by atoms with E-state index in [1.165, 1.54) is 14.0 Å². The van der Waals surface area contributed by atoms with Gasteiger partial charge in [0.15, 0.2) is 0 Å². The third-order valence-electron chi connectivity index (χ3n) is 2.09. The second-order valence-electron chi connectivity index (χ2n) is 3.01. The van der Waals surface area contributed by atoms with Gasteiger partial charge in [-0.1, -0.05) is 24.3 Å². The summed E-state index contributed by atoms with van der Waals surface area (Å²) >= 11 is 4.03. The summed E-state index contributed by atoms with van der Waals surface area (Å²) in [5, 5.41) is 2.06. The van der Waals surface area contributed by atoms with E-state index < -0.39 is 0 Å². The fourth-order valence-electron chi connectivity index (χ4n) is 1.35. The molecule has 0 aliphatic heterocycles. The molecule has 0 bridgehead atoms. The minimum absolute atomic E-state index is 0. The van der Waals surface area contributed by atoms with Crippen molar-refractivity contribution >= 4 is 46.3 Å². The van der Waals surface area contributed by atoms with E-state index >= 15 is 0 Å². The summed E-state index contributed by atoms with van der Waals surface area (Å²) in [7, 11) is 0. The molecule has 1 atom stereocenters. The van der Waals surface area contributed by atoms with Gasteiger partial charge < -0.3 is 5.73 Å². The molecule has 0 unspecified atom stereocenters. The van der Waals surface area contributed by atoms with E-state index in [-0.39, 0.29) is 18.4 Å². The van der Waals surface area contributed by atoms with Crippen LogP contribution in [-0.2, 0) is 0 Å². The Hall–Kier alpha value is -0.100. The molecule has 0 spiro atoms. The molecule has 0 aliphatic rings. The summed E-state index contributed by atoms with van der Waals surface area (Å²) in [4.78, 5) is 1.22. The van der Waals surface area contributed by atoms with Crippen LogP contribution >= 0.6 is 46.3 Å². The van der Waals surface area contributed by atoms with Crippen molar-refractivity contribution in [2.45, 2.75) is 6.04 Å². The summed E-state index contributed by atoms with van der Waals surface area (Å²) in [5.74, 6) is 0. The van der Waals surface area contributed by atoms with E-state index in [2.05, 4.69) is 46.2 Å². The first kappa shape index (κ1) is 13.0. The number of hydrogen-bond acceptors (Lipinski definition) is 2. The Bertz CT molecular complexity index is 416. The SMILES string of the molecule is Cl.N[C@H](c1cccs1)c1ccccc1I. The Morgan fingerprint density at radius 1 is 1.13 bits per heavy atom. The minimum Gasteiger partial charge on any atom is -0.320 e. The summed E-state index contributed by atoms with van der Waals surface area (Å²) in [5.41, 5.74) is 7.37. The predicted molar refractivity (Wildman–Crippen MR) is 76.8 cm³/mol. The smallest absolute Gasteiger partial charge is 0.0656 e. The van der Waals surface area contributed by atoms with E-state index in [0.29, 0.717) is 0 Å². The number of hydrogen-bond donors (Lipinski definition) is 1. The van der Waals surface area contributed by atoms with E-state index in [4.69, 9.17) is 5.73 Å². The summed E-state index contributed by atoms with van der Waals surface area (Å²) < 4.78 is 1.23. The van der Waals surface area contributed by atoms with Crippen molar-refractivity contribution in [2.24, 2.45) is 5.73 Å². The van der Waals surface area contributed by atoms with Crippen LogP contribution in [0.15, 0.2) is 41.8 Å². The monoisotopic (exact) mass is 351 g/mol. The van der Waals surface area contributed by atoms with Crippen molar-refractivity contribution in [1.29, 1.82) is 0 Å². The lowest BCUT2D eigenvalue weighted by atomic mass is 10.1. The average molecular weight is 352 g/mol. The van der Waals surface area contributed by atoms with Crippen molar-refractivity contribution < 1.29 is 0 Å². The first-order chi connectivity index (χ1) is 6.79. The molecule has 1 aromatic heterocycles. The number of benzene rings is 1. The normalized spacial score (nSPS) is 11.9. The fraction of sp³-hybridized carbons (Fsp3) is 0.0909. The molecule has 0 aliphatic carbocycles. The molecule has 2 aromatic rings.